The van der Waals surface area contributed by atoms with Gasteiger partial charge in [-0.25, -0.2) is 14.6 Å². The lowest BCUT2D eigenvalue weighted by molar-refractivity contribution is -0.148. The first kappa shape index (κ1) is 27.3. The van der Waals surface area contributed by atoms with Crippen LogP contribution < -0.4 is 19.1 Å². The lowest BCUT2D eigenvalue weighted by Crippen LogP contribution is -2.45. The summed E-state index contributed by atoms with van der Waals surface area (Å²) < 4.78 is 21.8. The summed E-state index contributed by atoms with van der Waals surface area (Å²) >= 11 is 0. The normalized spacial score (nSPS) is 11.2. The van der Waals surface area contributed by atoms with Crippen molar-refractivity contribution in [3.8, 4) is 17.2 Å². The maximum Gasteiger partial charge on any atom is 0.416 e. The Morgan fingerprint density at radius 3 is 2.32 bits per heavy atom. The number of esters is 1. The van der Waals surface area contributed by atoms with E-state index < -0.39 is 18.1 Å². The van der Waals surface area contributed by atoms with E-state index >= 15 is 0 Å². The highest BCUT2D eigenvalue weighted by Crippen LogP contribution is 2.27. The molecule has 0 aliphatic heterocycles. The van der Waals surface area contributed by atoms with Crippen molar-refractivity contribution >= 4 is 17.9 Å². The summed E-state index contributed by atoms with van der Waals surface area (Å²) in [7, 11) is 3.45. The van der Waals surface area contributed by atoms with Gasteiger partial charge in [-0.1, -0.05) is 30.3 Å². The number of methoxy groups -OCH3 is 1. The van der Waals surface area contributed by atoms with Crippen LogP contribution in [-0.4, -0.2) is 61.9 Å². The van der Waals surface area contributed by atoms with Crippen LogP contribution in [0.25, 0.3) is 0 Å². The van der Waals surface area contributed by atoms with Crippen LogP contribution in [0.3, 0.4) is 0 Å². The second-order valence-corrected chi connectivity index (χ2v) is 8.18. The molecule has 0 unspecified atom stereocenters. The molecule has 0 aliphatic rings. The molecule has 3 rings (SSSR count). The number of para-hydroxylation sites is 2. The van der Waals surface area contributed by atoms with E-state index in [2.05, 4.69) is 4.98 Å². The molecule has 9 nitrogen and oxygen atoms in total. The summed E-state index contributed by atoms with van der Waals surface area (Å²) in [6.07, 6.45) is 1.06. The largest absolute Gasteiger partial charge is 0.493 e. The van der Waals surface area contributed by atoms with Gasteiger partial charge in [-0.3, -0.25) is 4.90 Å². The van der Waals surface area contributed by atoms with Crippen LogP contribution >= 0.6 is 0 Å². The van der Waals surface area contributed by atoms with Gasteiger partial charge in [-0.2, -0.15) is 0 Å². The van der Waals surface area contributed by atoms with Crippen molar-refractivity contribution < 1.29 is 28.5 Å². The molecule has 0 saturated heterocycles. The molecule has 1 heterocycles. The van der Waals surface area contributed by atoms with E-state index in [4.69, 9.17) is 18.9 Å². The van der Waals surface area contributed by atoms with Gasteiger partial charge >= 0.3 is 12.1 Å². The average molecular weight is 508 g/mol. The molecule has 0 fully saturated rings. The van der Waals surface area contributed by atoms with Crippen molar-refractivity contribution in [3.05, 3.63) is 78.5 Å². The molecule has 37 heavy (non-hydrogen) atoms. The topological polar surface area (TPSA) is 90.4 Å². The van der Waals surface area contributed by atoms with E-state index in [1.54, 1.807) is 44.3 Å². The van der Waals surface area contributed by atoms with Crippen LogP contribution in [0.1, 0.15) is 19.4 Å². The number of likely N-dealkylation sites (N-methyl/N-ethyl adjacent to an activating group) is 1. The van der Waals surface area contributed by atoms with Crippen molar-refractivity contribution in [1.29, 1.82) is 0 Å². The van der Waals surface area contributed by atoms with Crippen LogP contribution in [0, 0.1) is 0 Å². The summed E-state index contributed by atoms with van der Waals surface area (Å²) in [5.41, 5.74) is 0.797. The van der Waals surface area contributed by atoms with Gasteiger partial charge in [-0.05, 0) is 55.8 Å². The molecule has 0 saturated carbocycles. The van der Waals surface area contributed by atoms with Crippen LogP contribution in [0.5, 0.6) is 17.2 Å². The van der Waals surface area contributed by atoms with Crippen molar-refractivity contribution in [2.75, 3.05) is 38.8 Å². The van der Waals surface area contributed by atoms with Gasteiger partial charge in [0, 0.05) is 19.8 Å². The molecule has 1 atom stereocenters. The maximum absolute atomic E-state index is 13.1. The first-order valence-corrected chi connectivity index (χ1v) is 12.0. The summed E-state index contributed by atoms with van der Waals surface area (Å²) in [5.74, 6) is 1.72. The molecule has 0 spiro atoms. The SMILES string of the molecule is CCOC(=O)[C@H](C)N(Cc1ccc(OCCN(C)c2ccccn2)cc1)C(=O)Oc1ccccc1OC. The fraction of sp³-hybridized carbons (Fsp3) is 0.321. The zero-order valence-electron chi connectivity index (χ0n) is 21.6. The molecule has 0 N–H and O–H groups in total. The molecule has 2 aromatic carbocycles. The van der Waals surface area contributed by atoms with E-state index in [-0.39, 0.29) is 18.9 Å². The van der Waals surface area contributed by atoms with Gasteiger partial charge in [0.15, 0.2) is 11.5 Å². The molecular formula is C28H33N3O6. The van der Waals surface area contributed by atoms with Crippen molar-refractivity contribution in [3.63, 3.8) is 0 Å². The van der Waals surface area contributed by atoms with E-state index in [0.717, 1.165) is 11.4 Å². The van der Waals surface area contributed by atoms with E-state index in [1.807, 2.05) is 54.4 Å². The number of pyridine rings is 1. The number of benzene rings is 2. The molecule has 3 aromatic rings. The fourth-order valence-electron chi connectivity index (χ4n) is 3.49. The summed E-state index contributed by atoms with van der Waals surface area (Å²) in [4.78, 5) is 33.2. The van der Waals surface area contributed by atoms with Gasteiger partial charge in [0.2, 0.25) is 0 Å². The molecule has 9 heteroatoms. The number of carbonyl (C=O) groups is 2. The van der Waals surface area contributed by atoms with Gasteiger partial charge in [0.1, 0.15) is 24.2 Å². The number of ether oxygens (including phenoxy) is 4. The Hall–Kier alpha value is -4.27. The molecule has 0 aliphatic carbocycles. The van der Waals surface area contributed by atoms with E-state index in [0.29, 0.717) is 24.7 Å². The number of nitrogens with zero attached hydrogens (tertiary/aromatic N) is 3. The Kier molecular flexibility index (Phi) is 10.1. The Morgan fingerprint density at radius 2 is 1.68 bits per heavy atom. The van der Waals surface area contributed by atoms with Crippen LogP contribution in [-0.2, 0) is 16.1 Å². The average Bonchev–Trinajstić information content (AvgIpc) is 2.93. The molecular weight excluding hydrogens is 474 g/mol. The van der Waals surface area contributed by atoms with Crippen LogP contribution in [0.4, 0.5) is 10.6 Å². The standard InChI is InChI=1S/C28H33N3O6/c1-5-35-27(32)21(2)31(28(33)37-25-11-7-6-10-24(25)34-4)20-22-13-15-23(16-14-22)36-19-18-30(3)26-12-8-9-17-29-26/h6-17,21H,5,18-20H2,1-4H3/t21-/m0/s1. The number of hydrogen-bond donors (Lipinski definition) is 0. The zero-order chi connectivity index (χ0) is 26.6. The Bertz CT molecular complexity index is 1140. The summed E-state index contributed by atoms with van der Waals surface area (Å²) in [5, 5.41) is 0. The number of carbonyl (C=O) groups excluding carboxylic acids is 2. The Labute approximate surface area is 217 Å². The van der Waals surface area contributed by atoms with Gasteiger partial charge in [0.05, 0.1) is 20.3 Å². The minimum atomic E-state index is -0.861. The van der Waals surface area contributed by atoms with Crippen molar-refractivity contribution in [2.24, 2.45) is 0 Å². The van der Waals surface area contributed by atoms with E-state index in [9.17, 15) is 9.59 Å². The molecule has 1 amide bonds. The van der Waals surface area contributed by atoms with Crippen LogP contribution in [0.15, 0.2) is 72.9 Å². The van der Waals surface area contributed by atoms with Crippen LogP contribution in [0.2, 0.25) is 0 Å². The van der Waals surface area contributed by atoms with Gasteiger partial charge in [0.25, 0.3) is 0 Å². The number of amides is 1. The minimum absolute atomic E-state index is 0.136. The monoisotopic (exact) mass is 507 g/mol. The fourth-order valence-corrected chi connectivity index (χ4v) is 3.49. The number of hydrogen-bond acceptors (Lipinski definition) is 8. The minimum Gasteiger partial charge on any atom is -0.493 e. The highest BCUT2D eigenvalue weighted by atomic mass is 16.6. The Balaban J connectivity index is 1.65. The second kappa shape index (κ2) is 13.7. The van der Waals surface area contributed by atoms with Crippen molar-refractivity contribution in [1.82, 2.24) is 9.88 Å². The van der Waals surface area contributed by atoms with E-state index in [1.165, 1.54) is 12.0 Å². The third kappa shape index (κ3) is 7.86. The van der Waals surface area contributed by atoms with Crippen molar-refractivity contribution in [2.45, 2.75) is 26.4 Å². The zero-order valence-corrected chi connectivity index (χ0v) is 21.6. The molecule has 1 aromatic heterocycles. The smallest absolute Gasteiger partial charge is 0.416 e. The second-order valence-electron chi connectivity index (χ2n) is 8.18. The number of anilines is 1. The lowest BCUT2D eigenvalue weighted by atomic mass is 10.2. The van der Waals surface area contributed by atoms with Gasteiger partial charge < -0.3 is 23.8 Å². The third-order valence-corrected chi connectivity index (χ3v) is 5.61. The molecule has 0 bridgehead atoms. The maximum atomic E-state index is 13.1. The number of rotatable bonds is 12. The highest BCUT2D eigenvalue weighted by molar-refractivity contribution is 5.82. The molecule has 196 valence electrons. The third-order valence-electron chi connectivity index (χ3n) is 5.61. The first-order chi connectivity index (χ1) is 17.9. The van der Waals surface area contributed by atoms with Gasteiger partial charge in [-0.15, -0.1) is 0 Å². The molecule has 0 radical (unpaired) electrons. The lowest BCUT2D eigenvalue weighted by Gasteiger charge is -2.27. The predicted octanol–water partition coefficient (Wildman–Crippen LogP) is 4.56. The number of aromatic nitrogens is 1. The predicted molar refractivity (Wildman–Crippen MR) is 140 cm³/mol. The summed E-state index contributed by atoms with van der Waals surface area (Å²) in [6.45, 7) is 4.81. The first-order valence-electron chi connectivity index (χ1n) is 12.0. The quantitative estimate of drug-likeness (QED) is 0.330. The Morgan fingerprint density at radius 1 is 0.973 bits per heavy atom. The highest BCUT2D eigenvalue weighted by Gasteiger charge is 2.29. The summed E-state index contributed by atoms with van der Waals surface area (Å²) in [6, 6.07) is 19.1.